The van der Waals surface area contributed by atoms with Crippen LogP contribution in [-0.2, 0) is 4.79 Å². The maximum atomic E-state index is 12.4. The lowest BCUT2D eigenvalue weighted by Gasteiger charge is -2.21. The van der Waals surface area contributed by atoms with Crippen molar-refractivity contribution in [2.24, 2.45) is 0 Å². The van der Waals surface area contributed by atoms with Crippen LogP contribution in [0.4, 0.5) is 5.69 Å². The predicted octanol–water partition coefficient (Wildman–Crippen LogP) is 2.93. The fraction of sp³-hybridized carbons (Fsp3) is 0.111. The van der Waals surface area contributed by atoms with Crippen molar-refractivity contribution in [3.05, 3.63) is 72.4 Å². The lowest BCUT2D eigenvalue weighted by molar-refractivity contribution is -0.126. The highest BCUT2D eigenvalue weighted by molar-refractivity contribution is 5.98. The zero-order valence-electron chi connectivity index (χ0n) is 12.2. The summed E-state index contributed by atoms with van der Waals surface area (Å²) in [6, 6.07) is 18.3. The van der Waals surface area contributed by atoms with Crippen molar-refractivity contribution in [2.45, 2.75) is 6.10 Å². The smallest absolute Gasteiger partial charge is 0.260 e. The molecular formula is C18H16N2O2. The van der Waals surface area contributed by atoms with E-state index in [1.54, 1.807) is 37.5 Å². The molecule has 1 aromatic heterocycles. The number of carbonyl (C=O) groups is 1. The quantitative estimate of drug-likeness (QED) is 0.807. The van der Waals surface area contributed by atoms with Gasteiger partial charge in [0.05, 0.1) is 5.52 Å². The Labute approximate surface area is 128 Å². The molecule has 110 valence electrons. The zero-order chi connectivity index (χ0) is 15.5. The van der Waals surface area contributed by atoms with Gasteiger partial charge in [-0.15, -0.1) is 0 Å². The van der Waals surface area contributed by atoms with Gasteiger partial charge in [0.2, 0.25) is 0 Å². The maximum Gasteiger partial charge on any atom is 0.260 e. The van der Waals surface area contributed by atoms with E-state index in [2.05, 4.69) is 4.98 Å². The van der Waals surface area contributed by atoms with Crippen molar-refractivity contribution < 1.29 is 9.90 Å². The number of fused-ring (bicyclic) bond motifs is 1. The zero-order valence-corrected chi connectivity index (χ0v) is 12.2. The van der Waals surface area contributed by atoms with E-state index < -0.39 is 6.10 Å². The number of hydrogen-bond donors (Lipinski definition) is 1. The second-order valence-corrected chi connectivity index (χ2v) is 5.09. The molecule has 0 fully saturated rings. The van der Waals surface area contributed by atoms with Crippen molar-refractivity contribution in [1.29, 1.82) is 0 Å². The number of aliphatic hydroxyl groups is 1. The Kier molecular flexibility index (Phi) is 3.85. The van der Waals surface area contributed by atoms with Gasteiger partial charge in [-0.2, -0.15) is 0 Å². The highest BCUT2D eigenvalue weighted by Gasteiger charge is 2.22. The van der Waals surface area contributed by atoms with Crippen LogP contribution in [0.25, 0.3) is 10.9 Å². The van der Waals surface area contributed by atoms with Crippen molar-refractivity contribution in [2.75, 3.05) is 11.9 Å². The van der Waals surface area contributed by atoms with Gasteiger partial charge in [0, 0.05) is 24.3 Å². The molecule has 0 saturated carbocycles. The highest BCUT2D eigenvalue weighted by atomic mass is 16.3. The van der Waals surface area contributed by atoms with E-state index in [1.807, 2.05) is 36.4 Å². The van der Waals surface area contributed by atoms with E-state index in [9.17, 15) is 9.90 Å². The van der Waals surface area contributed by atoms with Gasteiger partial charge in [0.15, 0.2) is 6.10 Å². The van der Waals surface area contributed by atoms with Crippen LogP contribution in [0.3, 0.4) is 0 Å². The van der Waals surface area contributed by atoms with Gasteiger partial charge >= 0.3 is 0 Å². The summed E-state index contributed by atoms with van der Waals surface area (Å²) in [5, 5.41) is 11.2. The topological polar surface area (TPSA) is 53.4 Å². The van der Waals surface area contributed by atoms with E-state index in [4.69, 9.17) is 0 Å². The molecule has 3 rings (SSSR count). The van der Waals surface area contributed by atoms with Gasteiger partial charge in [-0.25, -0.2) is 0 Å². The van der Waals surface area contributed by atoms with Crippen molar-refractivity contribution in [3.8, 4) is 0 Å². The molecule has 0 spiro atoms. The molecule has 1 atom stereocenters. The lowest BCUT2D eigenvalue weighted by atomic mass is 10.1. The predicted molar refractivity (Wildman–Crippen MR) is 86.6 cm³/mol. The van der Waals surface area contributed by atoms with Gasteiger partial charge in [-0.05, 0) is 23.8 Å². The second kappa shape index (κ2) is 5.95. The molecule has 0 bridgehead atoms. The first-order valence-corrected chi connectivity index (χ1v) is 7.02. The molecule has 0 saturated heterocycles. The molecule has 1 N–H and O–H groups in total. The monoisotopic (exact) mass is 292 g/mol. The highest BCUT2D eigenvalue weighted by Crippen LogP contribution is 2.23. The molecule has 4 heteroatoms. The van der Waals surface area contributed by atoms with Crippen LogP contribution < -0.4 is 4.90 Å². The number of rotatable bonds is 3. The van der Waals surface area contributed by atoms with Crippen molar-refractivity contribution >= 4 is 22.5 Å². The first-order valence-electron chi connectivity index (χ1n) is 7.02. The summed E-state index contributed by atoms with van der Waals surface area (Å²) in [7, 11) is 1.65. The van der Waals surface area contributed by atoms with Crippen LogP contribution in [0.15, 0.2) is 66.9 Å². The first-order chi connectivity index (χ1) is 10.7. The Morgan fingerprint density at radius 1 is 1.09 bits per heavy atom. The van der Waals surface area contributed by atoms with Gasteiger partial charge in [-0.3, -0.25) is 9.78 Å². The van der Waals surface area contributed by atoms with Crippen LogP contribution in [0.2, 0.25) is 0 Å². The molecule has 3 aromatic rings. The Hall–Kier alpha value is -2.72. The van der Waals surface area contributed by atoms with E-state index in [0.717, 1.165) is 10.9 Å². The number of hydrogen-bond acceptors (Lipinski definition) is 3. The van der Waals surface area contributed by atoms with E-state index >= 15 is 0 Å². The number of carbonyl (C=O) groups excluding carboxylic acids is 1. The normalized spacial score (nSPS) is 12.1. The molecule has 0 aliphatic heterocycles. The summed E-state index contributed by atoms with van der Waals surface area (Å²) in [6.45, 7) is 0. The minimum Gasteiger partial charge on any atom is -0.378 e. The van der Waals surface area contributed by atoms with Crippen LogP contribution in [0.1, 0.15) is 11.7 Å². The van der Waals surface area contributed by atoms with Crippen LogP contribution in [0.5, 0.6) is 0 Å². The third-order valence-corrected chi connectivity index (χ3v) is 3.66. The van der Waals surface area contributed by atoms with Gasteiger partial charge < -0.3 is 10.0 Å². The molecule has 0 aliphatic carbocycles. The molecule has 4 nitrogen and oxygen atoms in total. The fourth-order valence-electron chi connectivity index (χ4n) is 2.35. The number of aromatic nitrogens is 1. The van der Waals surface area contributed by atoms with Crippen molar-refractivity contribution in [1.82, 2.24) is 4.98 Å². The summed E-state index contributed by atoms with van der Waals surface area (Å²) >= 11 is 0. The third kappa shape index (κ3) is 2.69. The molecule has 1 unspecified atom stereocenters. The van der Waals surface area contributed by atoms with Crippen LogP contribution in [-0.4, -0.2) is 23.0 Å². The molecule has 0 radical (unpaired) electrons. The Bertz CT molecular complexity index is 802. The summed E-state index contributed by atoms with van der Waals surface area (Å²) in [4.78, 5) is 18.2. The van der Waals surface area contributed by atoms with E-state index in [-0.39, 0.29) is 5.91 Å². The Morgan fingerprint density at radius 3 is 2.64 bits per heavy atom. The third-order valence-electron chi connectivity index (χ3n) is 3.66. The maximum absolute atomic E-state index is 12.4. The molecule has 1 heterocycles. The number of benzene rings is 2. The van der Waals surface area contributed by atoms with Crippen LogP contribution >= 0.6 is 0 Å². The van der Waals surface area contributed by atoms with Crippen molar-refractivity contribution in [3.63, 3.8) is 0 Å². The van der Waals surface area contributed by atoms with Crippen LogP contribution in [0, 0.1) is 0 Å². The average Bonchev–Trinajstić information content (AvgIpc) is 2.60. The fourth-order valence-corrected chi connectivity index (χ4v) is 2.35. The molecule has 2 aromatic carbocycles. The Morgan fingerprint density at radius 2 is 1.86 bits per heavy atom. The number of pyridine rings is 1. The van der Waals surface area contributed by atoms with E-state index in [0.29, 0.717) is 11.3 Å². The molecule has 22 heavy (non-hydrogen) atoms. The van der Waals surface area contributed by atoms with Gasteiger partial charge in [-0.1, -0.05) is 42.5 Å². The summed E-state index contributed by atoms with van der Waals surface area (Å²) in [5.74, 6) is -0.374. The first kappa shape index (κ1) is 14.2. The summed E-state index contributed by atoms with van der Waals surface area (Å²) in [6.07, 6.45) is 0.540. The number of aliphatic hydroxyl groups excluding tert-OH is 1. The summed E-state index contributed by atoms with van der Waals surface area (Å²) < 4.78 is 0. The lowest BCUT2D eigenvalue weighted by Crippen LogP contribution is -2.31. The number of likely N-dealkylation sites (N-methyl/N-ethyl adjacent to an activating group) is 1. The molecular weight excluding hydrogens is 276 g/mol. The number of nitrogens with zero attached hydrogens (tertiary/aromatic N) is 2. The van der Waals surface area contributed by atoms with E-state index in [1.165, 1.54) is 4.90 Å². The number of amides is 1. The number of anilines is 1. The largest absolute Gasteiger partial charge is 0.378 e. The standard InChI is InChI=1S/C18H16N2O2/c1-20(18(22)17(21)14-6-3-2-4-7-14)15-10-9-13-8-5-11-19-16(13)12-15/h2-12,17,21H,1H3. The minimum absolute atomic E-state index is 0.374. The van der Waals surface area contributed by atoms with Gasteiger partial charge in [0.1, 0.15) is 0 Å². The summed E-state index contributed by atoms with van der Waals surface area (Å²) in [5.41, 5.74) is 2.10. The average molecular weight is 292 g/mol. The minimum atomic E-state index is -1.18. The van der Waals surface area contributed by atoms with Gasteiger partial charge in [0.25, 0.3) is 5.91 Å². The SMILES string of the molecule is CN(C(=O)C(O)c1ccccc1)c1ccc2cccnc2c1. The molecule has 0 aliphatic rings. The molecule has 1 amide bonds. The second-order valence-electron chi connectivity index (χ2n) is 5.09. The Balaban J connectivity index is 1.88.